The fraction of sp³-hybridized carbons (Fsp3) is 0.263. The minimum Gasteiger partial charge on any atom is -0.447 e. The zero-order valence-corrected chi connectivity index (χ0v) is 15.0. The third-order valence-electron chi connectivity index (χ3n) is 4.17. The van der Waals surface area contributed by atoms with Gasteiger partial charge in [0.25, 0.3) is 0 Å². The fourth-order valence-electron chi connectivity index (χ4n) is 2.85. The van der Waals surface area contributed by atoms with Crippen LogP contribution in [0.2, 0.25) is 0 Å². The summed E-state index contributed by atoms with van der Waals surface area (Å²) in [4.78, 5) is 25.0. The smallest absolute Gasteiger partial charge is 0.417 e. The molecule has 0 aliphatic carbocycles. The highest BCUT2D eigenvalue weighted by Crippen LogP contribution is 2.27. The van der Waals surface area contributed by atoms with E-state index < -0.39 is 22.9 Å². The highest BCUT2D eigenvalue weighted by Gasteiger charge is 2.42. The number of rotatable bonds is 5. The quantitative estimate of drug-likeness (QED) is 0.778. The summed E-state index contributed by atoms with van der Waals surface area (Å²) >= 11 is 3.25. The number of nitrogens with zero attached hydrogens (tertiary/aromatic N) is 1. The minimum atomic E-state index is -1.06. The third-order valence-corrected chi connectivity index (χ3v) is 5.06. The molecule has 130 valence electrons. The summed E-state index contributed by atoms with van der Waals surface area (Å²) in [5.41, 5.74) is 1.61. The van der Waals surface area contributed by atoms with Crippen molar-refractivity contribution in [1.82, 2.24) is 4.90 Å². The lowest BCUT2D eigenvalue weighted by molar-refractivity contribution is -0.130. The zero-order valence-electron chi connectivity index (χ0n) is 13.4. The van der Waals surface area contributed by atoms with E-state index in [2.05, 4.69) is 15.9 Å². The molecule has 2 aromatic carbocycles. The first-order valence-corrected chi connectivity index (χ1v) is 8.90. The molecule has 0 bridgehead atoms. The van der Waals surface area contributed by atoms with E-state index in [4.69, 9.17) is 4.74 Å². The van der Waals surface area contributed by atoms with Crippen molar-refractivity contribution in [3.8, 4) is 0 Å². The van der Waals surface area contributed by atoms with Gasteiger partial charge >= 0.3 is 6.09 Å². The Kier molecular flexibility index (Phi) is 5.50. The van der Waals surface area contributed by atoms with Crippen LogP contribution in [0.1, 0.15) is 17.2 Å². The van der Waals surface area contributed by atoms with Gasteiger partial charge in [0.2, 0.25) is 5.91 Å². The lowest BCUT2D eigenvalue weighted by Gasteiger charge is -2.24. The van der Waals surface area contributed by atoms with Gasteiger partial charge in [-0.2, -0.15) is 0 Å². The Morgan fingerprint density at radius 1 is 1.16 bits per heavy atom. The van der Waals surface area contributed by atoms with E-state index in [1.165, 1.54) is 0 Å². The van der Waals surface area contributed by atoms with E-state index in [1.54, 1.807) is 24.3 Å². The maximum Gasteiger partial charge on any atom is 0.417 e. The van der Waals surface area contributed by atoms with Crippen molar-refractivity contribution in [2.24, 2.45) is 0 Å². The summed E-state index contributed by atoms with van der Waals surface area (Å²) in [7, 11) is 0. The molecule has 3 rings (SSSR count). The van der Waals surface area contributed by atoms with E-state index >= 15 is 0 Å². The predicted octanol–water partition coefficient (Wildman–Crippen LogP) is 3.07. The summed E-state index contributed by atoms with van der Waals surface area (Å²) < 4.78 is 5.07. The van der Waals surface area contributed by atoms with Gasteiger partial charge in [-0.05, 0) is 17.5 Å². The van der Waals surface area contributed by atoms with E-state index in [0.29, 0.717) is 12.0 Å². The molecular weight excluding hydrogens is 386 g/mol. The van der Waals surface area contributed by atoms with Crippen LogP contribution in [-0.2, 0) is 16.0 Å². The Bertz CT molecular complexity index is 738. The molecule has 5 nitrogen and oxygen atoms in total. The van der Waals surface area contributed by atoms with Crippen molar-refractivity contribution in [3.05, 3.63) is 71.8 Å². The second kappa shape index (κ2) is 7.80. The van der Waals surface area contributed by atoms with Gasteiger partial charge in [-0.1, -0.05) is 76.6 Å². The molecule has 0 spiro atoms. The van der Waals surface area contributed by atoms with Gasteiger partial charge in [-0.15, -0.1) is 0 Å². The van der Waals surface area contributed by atoms with Crippen LogP contribution < -0.4 is 0 Å². The molecule has 1 fully saturated rings. The topological polar surface area (TPSA) is 66.8 Å². The highest BCUT2D eigenvalue weighted by molar-refractivity contribution is 9.10. The van der Waals surface area contributed by atoms with Crippen molar-refractivity contribution >= 4 is 27.9 Å². The van der Waals surface area contributed by atoms with Gasteiger partial charge in [-0.25, -0.2) is 9.69 Å². The predicted molar refractivity (Wildman–Crippen MR) is 96.2 cm³/mol. The Morgan fingerprint density at radius 3 is 2.40 bits per heavy atom. The number of hydrogen-bond donors (Lipinski definition) is 1. The maximum absolute atomic E-state index is 12.8. The lowest BCUT2D eigenvalue weighted by atomic mass is 10.0. The Labute approximate surface area is 154 Å². The van der Waals surface area contributed by atoms with E-state index in [1.807, 2.05) is 36.4 Å². The molecule has 1 aliphatic rings. The number of halogens is 1. The molecule has 0 saturated carbocycles. The summed E-state index contributed by atoms with van der Waals surface area (Å²) in [5.74, 6) is -0.500. The average Bonchev–Trinajstić information content (AvgIpc) is 3.01. The molecule has 0 aromatic heterocycles. The van der Waals surface area contributed by atoms with Crippen LogP contribution in [0.4, 0.5) is 4.79 Å². The number of carbonyl (C=O) groups excluding carboxylic acids is 2. The number of amides is 2. The number of benzene rings is 2. The van der Waals surface area contributed by atoms with Crippen molar-refractivity contribution < 1.29 is 19.4 Å². The first-order valence-electron chi connectivity index (χ1n) is 7.98. The van der Waals surface area contributed by atoms with Crippen molar-refractivity contribution in [1.29, 1.82) is 0 Å². The van der Waals surface area contributed by atoms with Gasteiger partial charge < -0.3 is 9.84 Å². The summed E-state index contributed by atoms with van der Waals surface area (Å²) in [6.07, 6.45) is -1.21. The van der Waals surface area contributed by atoms with E-state index in [-0.39, 0.29) is 12.6 Å². The monoisotopic (exact) mass is 403 g/mol. The molecule has 0 unspecified atom stereocenters. The number of ether oxygens (including phenoxy) is 1. The number of aliphatic hydroxyl groups excluding tert-OH is 1. The number of imide groups is 1. The second-order valence-corrected chi connectivity index (χ2v) is 6.87. The van der Waals surface area contributed by atoms with Crippen molar-refractivity contribution in [2.75, 3.05) is 6.61 Å². The van der Waals surface area contributed by atoms with Crippen LogP contribution in [0.25, 0.3) is 0 Å². The molecule has 1 aliphatic heterocycles. The lowest BCUT2D eigenvalue weighted by Crippen LogP contribution is -2.45. The van der Waals surface area contributed by atoms with Crippen LogP contribution in [0.5, 0.6) is 0 Å². The van der Waals surface area contributed by atoms with Crippen LogP contribution in [0.3, 0.4) is 0 Å². The van der Waals surface area contributed by atoms with Gasteiger partial charge in [0.05, 0.1) is 6.04 Å². The Balaban J connectivity index is 1.75. The standard InChI is InChI=1S/C19H18BrNO4/c20-16(17(22)14-9-5-2-6-10-14)18(23)21-15(12-25-19(21)24)11-13-7-3-1-4-8-13/h1-10,15-17,22H,11-12H2/t15-,16-,17-/m0/s1. The number of hydrogen-bond acceptors (Lipinski definition) is 4. The molecule has 1 heterocycles. The molecule has 6 heteroatoms. The summed E-state index contributed by atoms with van der Waals surface area (Å²) in [6.45, 7) is 0.153. The van der Waals surface area contributed by atoms with E-state index in [9.17, 15) is 14.7 Å². The molecule has 3 atom stereocenters. The SMILES string of the molecule is O=C1OC[C@H](Cc2ccccc2)N1C(=O)[C@@H](Br)[C@@H](O)c1ccccc1. The van der Waals surface area contributed by atoms with Crippen LogP contribution in [0.15, 0.2) is 60.7 Å². The molecule has 1 saturated heterocycles. The van der Waals surface area contributed by atoms with Crippen molar-refractivity contribution in [3.63, 3.8) is 0 Å². The van der Waals surface area contributed by atoms with Crippen LogP contribution in [0, 0.1) is 0 Å². The first-order chi connectivity index (χ1) is 12.1. The minimum absolute atomic E-state index is 0.153. The largest absolute Gasteiger partial charge is 0.447 e. The average molecular weight is 404 g/mol. The van der Waals surface area contributed by atoms with Crippen LogP contribution in [-0.4, -0.2) is 39.5 Å². The normalized spacial score (nSPS) is 19.4. The van der Waals surface area contributed by atoms with Gasteiger partial charge in [0.15, 0.2) is 0 Å². The van der Waals surface area contributed by atoms with Gasteiger partial charge in [0, 0.05) is 0 Å². The zero-order chi connectivity index (χ0) is 17.8. The van der Waals surface area contributed by atoms with Crippen molar-refractivity contribution in [2.45, 2.75) is 23.4 Å². The Morgan fingerprint density at radius 2 is 1.76 bits per heavy atom. The van der Waals surface area contributed by atoms with Gasteiger partial charge in [0.1, 0.15) is 17.5 Å². The summed E-state index contributed by atoms with van der Waals surface area (Å²) in [5, 5.41) is 10.4. The number of aliphatic hydroxyl groups is 1. The fourth-order valence-corrected chi connectivity index (χ4v) is 3.38. The molecule has 2 amide bonds. The summed E-state index contributed by atoms with van der Waals surface area (Å²) in [6, 6.07) is 18.1. The molecule has 1 N–H and O–H groups in total. The molecule has 2 aromatic rings. The Hall–Kier alpha value is -2.18. The number of carbonyl (C=O) groups is 2. The van der Waals surface area contributed by atoms with Crippen LogP contribution >= 0.6 is 15.9 Å². The first kappa shape index (κ1) is 17.6. The highest BCUT2D eigenvalue weighted by atomic mass is 79.9. The molecule has 25 heavy (non-hydrogen) atoms. The maximum atomic E-state index is 12.8. The van der Waals surface area contributed by atoms with E-state index in [0.717, 1.165) is 10.5 Å². The third kappa shape index (κ3) is 3.91. The number of cyclic esters (lactones) is 1. The number of alkyl halides is 1. The second-order valence-electron chi connectivity index (χ2n) is 5.89. The van der Waals surface area contributed by atoms with Gasteiger partial charge in [-0.3, -0.25) is 4.79 Å². The molecule has 0 radical (unpaired) electrons. The molecular formula is C19H18BrNO4.